The van der Waals surface area contributed by atoms with Gasteiger partial charge in [0.15, 0.2) is 0 Å². The molecule has 1 aliphatic carbocycles. The molecule has 1 saturated carbocycles. The summed E-state index contributed by atoms with van der Waals surface area (Å²) in [5.41, 5.74) is 6.69. The lowest BCUT2D eigenvalue weighted by molar-refractivity contribution is -0.154. The maximum atomic E-state index is 11.6. The lowest BCUT2D eigenvalue weighted by Gasteiger charge is -2.26. The first-order valence-corrected chi connectivity index (χ1v) is 5.89. The number of ether oxygens (including phenoxy) is 1. The summed E-state index contributed by atoms with van der Waals surface area (Å²) in [4.78, 5) is 11.6. The summed E-state index contributed by atoms with van der Waals surface area (Å²) in [6, 6.07) is 6.05. The van der Waals surface area contributed by atoms with Crippen molar-refractivity contribution in [2.24, 2.45) is 5.73 Å². The highest BCUT2D eigenvalue weighted by Crippen LogP contribution is 2.22. The molecule has 0 radical (unpaired) electrons. The first-order valence-electron chi connectivity index (χ1n) is 5.89. The van der Waals surface area contributed by atoms with Gasteiger partial charge in [-0.15, -0.1) is 0 Å². The van der Waals surface area contributed by atoms with Crippen LogP contribution in [0.4, 0.5) is 0 Å². The van der Waals surface area contributed by atoms with Crippen LogP contribution in [-0.2, 0) is 16.0 Å². The molecule has 0 spiro atoms. The van der Waals surface area contributed by atoms with Crippen LogP contribution in [0.25, 0.3) is 0 Å². The number of phenolic OH excluding ortho intramolecular Hbond substituents is 1. The van der Waals surface area contributed by atoms with Gasteiger partial charge in [0.1, 0.15) is 17.9 Å². The summed E-state index contributed by atoms with van der Waals surface area (Å²) in [7, 11) is 0. The van der Waals surface area contributed by atoms with E-state index in [0.717, 1.165) is 24.8 Å². The van der Waals surface area contributed by atoms with Crippen LogP contribution in [0, 0.1) is 0 Å². The number of hydrogen-bond acceptors (Lipinski definition) is 4. The first kappa shape index (κ1) is 11.9. The maximum Gasteiger partial charge on any atom is 0.323 e. The highest BCUT2D eigenvalue weighted by Gasteiger charge is 2.24. The zero-order valence-corrected chi connectivity index (χ0v) is 9.63. The van der Waals surface area contributed by atoms with Crippen molar-refractivity contribution in [3.05, 3.63) is 29.8 Å². The molecule has 0 heterocycles. The molecule has 4 nitrogen and oxygen atoms in total. The van der Waals surface area contributed by atoms with Crippen LogP contribution in [0.5, 0.6) is 5.75 Å². The van der Waals surface area contributed by atoms with Crippen molar-refractivity contribution in [2.75, 3.05) is 0 Å². The predicted molar refractivity (Wildman–Crippen MR) is 63.5 cm³/mol. The molecule has 3 N–H and O–H groups in total. The van der Waals surface area contributed by atoms with Crippen molar-refractivity contribution < 1.29 is 14.6 Å². The molecule has 2 rings (SSSR count). The number of hydrogen-bond donors (Lipinski definition) is 2. The van der Waals surface area contributed by atoms with E-state index in [2.05, 4.69) is 0 Å². The van der Waals surface area contributed by atoms with Gasteiger partial charge in [0, 0.05) is 0 Å². The molecular formula is C13H17NO3. The number of aromatic hydroxyl groups is 1. The Balaban J connectivity index is 1.84. The van der Waals surface area contributed by atoms with Crippen molar-refractivity contribution in [3.8, 4) is 5.75 Å². The highest BCUT2D eigenvalue weighted by molar-refractivity contribution is 5.76. The van der Waals surface area contributed by atoms with E-state index in [1.54, 1.807) is 24.3 Å². The summed E-state index contributed by atoms with van der Waals surface area (Å²) in [5.74, 6) is -0.123. The van der Waals surface area contributed by atoms with E-state index < -0.39 is 6.04 Å². The Morgan fingerprint density at radius 1 is 1.41 bits per heavy atom. The monoisotopic (exact) mass is 235 g/mol. The van der Waals surface area contributed by atoms with Crippen LogP contribution in [0.2, 0.25) is 0 Å². The fourth-order valence-corrected chi connectivity index (χ4v) is 1.71. The Labute approximate surface area is 100 Å². The van der Waals surface area contributed by atoms with E-state index in [1.807, 2.05) is 0 Å². The number of carbonyl (C=O) groups excluding carboxylic acids is 1. The third-order valence-corrected chi connectivity index (χ3v) is 3.03. The van der Waals surface area contributed by atoms with Gasteiger partial charge in [-0.3, -0.25) is 4.79 Å². The van der Waals surface area contributed by atoms with Gasteiger partial charge in [-0.25, -0.2) is 0 Å². The molecule has 1 fully saturated rings. The molecule has 0 bridgehead atoms. The molecular weight excluding hydrogens is 218 g/mol. The number of benzene rings is 1. The van der Waals surface area contributed by atoms with E-state index in [-0.39, 0.29) is 17.8 Å². The lowest BCUT2D eigenvalue weighted by Crippen LogP contribution is -2.38. The highest BCUT2D eigenvalue weighted by atomic mass is 16.5. The third-order valence-electron chi connectivity index (χ3n) is 3.03. The molecule has 0 saturated heterocycles. The molecule has 1 aromatic rings. The van der Waals surface area contributed by atoms with Crippen molar-refractivity contribution in [2.45, 2.75) is 37.8 Å². The van der Waals surface area contributed by atoms with E-state index in [4.69, 9.17) is 15.6 Å². The van der Waals surface area contributed by atoms with E-state index in [0.29, 0.717) is 6.42 Å². The quantitative estimate of drug-likeness (QED) is 0.773. The predicted octanol–water partition coefficient (Wildman–Crippen LogP) is 1.36. The van der Waals surface area contributed by atoms with Crippen molar-refractivity contribution >= 4 is 5.97 Å². The molecule has 1 aromatic carbocycles. The normalized spacial score (nSPS) is 17.2. The topological polar surface area (TPSA) is 72.5 Å². The fourth-order valence-electron chi connectivity index (χ4n) is 1.71. The van der Waals surface area contributed by atoms with Gasteiger partial charge < -0.3 is 15.6 Å². The van der Waals surface area contributed by atoms with Gasteiger partial charge in [-0.2, -0.15) is 0 Å². The number of phenols is 1. The van der Waals surface area contributed by atoms with Crippen LogP contribution in [-0.4, -0.2) is 23.2 Å². The number of carbonyl (C=O) groups is 1. The Morgan fingerprint density at radius 3 is 2.59 bits per heavy atom. The summed E-state index contributed by atoms with van der Waals surface area (Å²) in [5, 5.41) is 9.14. The van der Waals surface area contributed by atoms with Crippen molar-refractivity contribution in [1.82, 2.24) is 0 Å². The van der Waals surface area contributed by atoms with E-state index in [1.165, 1.54) is 0 Å². The Kier molecular flexibility index (Phi) is 3.64. The number of rotatable bonds is 4. The minimum atomic E-state index is -0.625. The average molecular weight is 235 g/mol. The number of esters is 1. The Bertz CT molecular complexity index is 384. The summed E-state index contributed by atoms with van der Waals surface area (Å²) >= 11 is 0. The second-order valence-electron chi connectivity index (χ2n) is 4.47. The minimum absolute atomic E-state index is 0.0772. The van der Waals surface area contributed by atoms with Gasteiger partial charge in [0.25, 0.3) is 0 Å². The molecule has 4 heteroatoms. The molecule has 1 atom stereocenters. The molecule has 17 heavy (non-hydrogen) atoms. The standard InChI is InChI=1S/C13H17NO3/c14-12(13(16)17-11-2-1-3-11)8-9-4-6-10(15)7-5-9/h4-7,11-12,15H,1-3,8,14H2/t12-/m1/s1. The summed E-state index contributed by atoms with van der Waals surface area (Å²) in [6.45, 7) is 0. The molecule has 0 unspecified atom stereocenters. The van der Waals surface area contributed by atoms with Crippen molar-refractivity contribution in [3.63, 3.8) is 0 Å². The van der Waals surface area contributed by atoms with Gasteiger partial charge >= 0.3 is 5.97 Å². The van der Waals surface area contributed by atoms with Crippen molar-refractivity contribution in [1.29, 1.82) is 0 Å². The smallest absolute Gasteiger partial charge is 0.323 e. The maximum absolute atomic E-state index is 11.6. The van der Waals surface area contributed by atoms with Crippen LogP contribution < -0.4 is 5.73 Å². The fraction of sp³-hybridized carbons (Fsp3) is 0.462. The first-order chi connectivity index (χ1) is 8.15. The molecule has 92 valence electrons. The second-order valence-corrected chi connectivity index (χ2v) is 4.47. The summed E-state index contributed by atoms with van der Waals surface area (Å²) < 4.78 is 5.23. The third kappa shape index (κ3) is 3.20. The van der Waals surface area contributed by atoms with Crippen LogP contribution >= 0.6 is 0 Å². The van der Waals surface area contributed by atoms with Crippen LogP contribution in [0.3, 0.4) is 0 Å². The SMILES string of the molecule is N[C@H](Cc1ccc(O)cc1)C(=O)OC1CCC1. The minimum Gasteiger partial charge on any atom is -0.508 e. The van der Waals surface area contributed by atoms with Gasteiger partial charge in [0.05, 0.1) is 0 Å². The molecule has 0 amide bonds. The van der Waals surface area contributed by atoms with Crippen LogP contribution in [0.1, 0.15) is 24.8 Å². The molecule has 1 aliphatic rings. The van der Waals surface area contributed by atoms with Gasteiger partial charge in [0.2, 0.25) is 0 Å². The Hall–Kier alpha value is -1.55. The van der Waals surface area contributed by atoms with Gasteiger partial charge in [-0.1, -0.05) is 12.1 Å². The Morgan fingerprint density at radius 2 is 2.06 bits per heavy atom. The lowest BCUT2D eigenvalue weighted by atomic mass is 9.96. The summed E-state index contributed by atoms with van der Waals surface area (Å²) in [6.07, 6.45) is 3.56. The zero-order valence-electron chi connectivity index (χ0n) is 9.63. The molecule has 0 aromatic heterocycles. The van der Waals surface area contributed by atoms with E-state index >= 15 is 0 Å². The van der Waals surface area contributed by atoms with Gasteiger partial charge in [-0.05, 0) is 43.4 Å². The zero-order chi connectivity index (χ0) is 12.3. The molecule has 0 aliphatic heterocycles. The van der Waals surface area contributed by atoms with E-state index in [9.17, 15) is 4.79 Å². The largest absolute Gasteiger partial charge is 0.508 e. The number of nitrogens with two attached hydrogens (primary N) is 1. The average Bonchev–Trinajstić information content (AvgIpc) is 2.26. The van der Waals surface area contributed by atoms with Crippen LogP contribution in [0.15, 0.2) is 24.3 Å². The second kappa shape index (κ2) is 5.19.